The molecule has 0 saturated heterocycles. The molecule has 0 heterocycles. The maximum absolute atomic E-state index is 13.1. The van der Waals surface area contributed by atoms with E-state index in [0.29, 0.717) is 11.1 Å². The maximum atomic E-state index is 13.1. The van der Waals surface area contributed by atoms with E-state index in [-0.39, 0.29) is 18.8 Å². The summed E-state index contributed by atoms with van der Waals surface area (Å²) in [5.41, 5.74) is -1.33. The standard InChI is InChI=1S/C31H42O8/c1-18-13-14-30(6,7)26(34)16-25(37-21(4)32)19(2)15-24-27(39-29(35)23-11-9-8-10-12-23)20(3)17-31(24,36)28(18)38-22(5)33/h8-15,18,20,24-28,34,36H,16-17H2,1-7H3/b14-13-,19-15?/t18-,20-,24-,25+,26-,27+,28+,31-/m0/s1. The monoisotopic (exact) mass is 542 g/mol. The lowest BCUT2D eigenvalue weighted by atomic mass is 9.75. The van der Waals surface area contributed by atoms with Crippen molar-refractivity contribution < 1.29 is 38.8 Å². The predicted molar refractivity (Wildman–Crippen MR) is 145 cm³/mol. The van der Waals surface area contributed by atoms with Gasteiger partial charge in [-0.1, -0.05) is 64.1 Å². The van der Waals surface area contributed by atoms with E-state index in [1.54, 1.807) is 43.3 Å². The molecule has 8 atom stereocenters. The number of hydrogen-bond donors (Lipinski definition) is 2. The van der Waals surface area contributed by atoms with Gasteiger partial charge in [0.2, 0.25) is 0 Å². The lowest BCUT2D eigenvalue weighted by Gasteiger charge is -2.40. The highest BCUT2D eigenvalue weighted by Gasteiger charge is 2.58. The van der Waals surface area contributed by atoms with Gasteiger partial charge in [-0.15, -0.1) is 0 Å². The molecule has 2 aliphatic carbocycles. The molecule has 2 aliphatic rings. The fraction of sp³-hybridized carbons (Fsp3) is 0.581. The van der Waals surface area contributed by atoms with Gasteiger partial charge in [-0.05, 0) is 37.0 Å². The largest absolute Gasteiger partial charge is 0.459 e. The van der Waals surface area contributed by atoms with Crippen molar-refractivity contribution in [1.82, 2.24) is 0 Å². The van der Waals surface area contributed by atoms with Crippen LogP contribution < -0.4 is 0 Å². The van der Waals surface area contributed by atoms with Crippen LogP contribution in [0.15, 0.2) is 54.1 Å². The Morgan fingerprint density at radius 1 is 0.974 bits per heavy atom. The van der Waals surface area contributed by atoms with Gasteiger partial charge in [-0.25, -0.2) is 4.79 Å². The average molecular weight is 543 g/mol. The molecule has 1 aromatic rings. The predicted octanol–water partition coefficient (Wildman–Crippen LogP) is 4.39. The number of carbonyl (C=O) groups is 3. The maximum Gasteiger partial charge on any atom is 0.338 e. The second-order valence-corrected chi connectivity index (χ2v) is 11.8. The highest BCUT2D eigenvalue weighted by atomic mass is 16.6. The van der Waals surface area contributed by atoms with Crippen LogP contribution in [-0.2, 0) is 23.8 Å². The summed E-state index contributed by atoms with van der Waals surface area (Å²) in [5.74, 6) is -3.09. The van der Waals surface area contributed by atoms with E-state index in [4.69, 9.17) is 14.2 Å². The van der Waals surface area contributed by atoms with Gasteiger partial charge in [0.05, 0.1) is 11.7 Å². The van der Waals surface area contributed by atoms with Crippen LogP contribution in [0.5, 0.6) is 0 Å². The number of rotatable bonds is 4. The van der Waals surface area contributed by atoms with E-state index in [2.05, 4.69) is 0 Å². The number of fused-ring (bicyclic) bond motifs is 1. The second kappa shape index (κ2) is 12.0. The molecule has 214 valence electrons. The Bertz CT molecular complexity index is 1110. The lowest BCUT2D eigenvalue weighted by Crippen LogP contribution is -2.52. The van der Waals surface area contributed by atoms with Gasteiger partial charge in [-0.2, -0.15) is 0 Å². The summed E-state index contributed by atoms with van der Waals surface area (Å²) in [6.07, 6.45) is 2.40. The summed E-state index contributed by atoms with van der Waals surface area (Å²) in [6, 6.07) is 8.60. The van der Waals surface area contributed by atoms with E-state index < -0.39 is 65.2 Å². The van der Waals surface area contributed by atoms with Crippen molar-refractivity contribution in [1.29, 1.82) is 0 Å². The van der Waals surface area contributed by atoms with Crippen molar-refractivity contribution in [2.75, 3.05) is 0 Å². The van der Waals surface area contributed by atoms with Crippen molar-refractivity contribution in [3.05, 3.63) is 59.7 Å². The molecule has 0 aliphatic heterocycles. The van der Waals surface area contributed by atoms with Gasteiger partial charge < -0.3 is 24.4 Å². The Kier molecular flexibility index (Phi) is 9.44. The third-order valence-electron chi connectivity index (χ3n) is 8.04. The molecule has 0 bridgehead atoms. The third kappa shape index (κ3) is 6.97. The summed E-state index contributed by atoms with van der Waals surface area (Å²) in [4.78, 5) is 37.4. The molecule has 39 heavy (non-hydrogen) atoms. The quantitative estimate of drug-likeness (QED) is 0.327. The van der Waals surface area contributed by atoms with Crippen molar-refractivity contribution >= 4 is 17.9 Å². The van der Waals surface area contributed by atoms with Gasteiger partial charge >= 0.3 is 17.9 Å². The number of esters is 3. The van der Waals surface area contributed by atoms with Crippen LogP contribution in [0, 0.1) is 23.2 Å². The number of benzene rings is 1. The van der Waals surface area contributed by atoms with Crippen molar-refractivity contribution in [2.45, 2.75) is 91.3 Å². The Labute approximate surface area is 231 Å². The zero-order valence-corrected chi connectivity index (χ0v) is 23.9. The molecular formula is C31H42O8. The molecule has 1 saturated carbocycles. The Hall–Kier alpha value is -2.97. The van der Waals surface area contributed by atoms with E-state index >= 15 is 0 Å². The van der Waals surface area contributed by atoms with Crippen molar-refractivity contribution in [3.8, 4) is 0 Å². The van der Waals surface area contributed by atoms with Gasteiger partial charge in [0.15, 0.2) is 0 Å². The minimum absolute atomic E-state index is 0.135. The fourth-order valence-electron chi connectivity index (χ4n) is 5.79. The topological polar surface area (TPSA) is 119 Å². The van der Waals surface area contributed by atoms with Crippen LogP contribution in [0.2, 0.25) is 0 Å². The SMILES string of the molecule is CC(=O)O[C@@H]1[C@@H](C)/C=C\C(C)(C)[C@@H](O)C[C@@H](OC(C)=O)C(C)=C[C@H]2[C@H](OC(=O)c3ccccc3)[C@@H](C)C[C@@]12O. The molecule has 0 aromatic heterocycles. The van der Waals surface area contributed by atoms with Crippen molar-refractivity contribution in [2.24, 2.45) is 23.2 Å². The van der Waals surface area contributed by atoms with Crippen LogP contribution in [0.4, 0.5) is 0 Å². The van der Waals surface area contributed by atoms with E-state index in [9.17, 15) is 24.6 Å². The van der Waals surface area contributed by atoms with E-state index in [0.717, 1.165) is 0 Å². The summed E-state index contributed by atoms with van der Waals surface area (Å²) < 4.78 is 17.4. The molecule has 3 rings (SSSR count). The molecule has 8 nitrogen and oxygen atoms in total. The molecule has 1 fully saturated rings. The lowest BCUT2D eigenvalue weighted by molar-refractivity contribution is -0.173. The fourth-order valence-corrected chi connectivity index (χ4v) is 5.79. The molecule has 2 N–H and O–H groups in total. The summed E-state index contributed by atoms with van der Waals surface area (Å²) >= 11 is 0. The number of aliphatic hydroxyl groups excluding tert-OH is 1. The van der Waals surface area contributed by atoms with Gasteiger partial charge in [-0.3, -0.25) is 9.59 Å². The van der Waals surface area contributed by atoms with Gasteiger partial charge in [0.1, 0.15) is 23.9 Å². The van der Waals surface area contributed by atoms with Crippen molar-refractivity contribution in [3.63, 3.8) is 0 Å². The molecule has 0 amide bonds. The zero-order valence-electron chi connectivity index (χ0n) is 23.9. The minimum Gasteiger partial charge on any atom is -0.459 e. The van der Waals surface area contributed by atoms with Crippen LogP contribution >= 0.6 is 0 Å². The molecule has 0 radical (unpaired) electrons. The first-order chi connectivity index (χ1) is 18.2. The van der Waals surface area contributed by atoms with Crippen LogP contribution in [-0.4, -0.2) is 58.1 Å². The molecule has 1 aromatic carbocycles. The highest BCUT2D eigenvalue weighted by Crippen LogP contribution is 2.48. The Morgan fingerprint density at radius 3 is 2.18 bits per heavy atom. The first kappa shape index (κ1) is 30.6. The number of carbonyl (C=O) groups excluding carboxylic acids is 3. The Balaban J connectivity index is 2.16. The van der Waals surface area contributed by atoms with Gasteiger partial charge in [0, 0.05) is 37.5 Å². The molecule has 0 unspecified atom stereocenters. The molecule has 8 heteroatoms. The minimum atomic E-state index is -1.60. The average Bonchev–Trinajstić information content (AvgIpc) is 3.09. The van der Waals surface area contributed by atoms with Gasteiger partial charge in [0.25, 0.3) is 0 Å². The summed E-state index contributed by atoms with van der Waals surface area (Å²) in [5, 5.41) is 23.5. The number of aliphatic hydroxyl groups is 2. The zero-order chi connectivity index (χ0) is 29.1. The highest BCUT2D eigenvalue weighted by molar-refractivity contribution is 5.89. The Morgan fingerprint density at radius 2 is 1.59 bits per heavy atom. The number of hydrogen-bond acceptors (Lipinski definition) is 8. The van der Waals surface area contributed by atoms with E-state index in [1.165, 1.54) is 13.8 Å². The second-order valence-electron chi connectivity index (χ2n) is 11.8. The normalized spacial score (nSPS) is 35.3. The van der Waals surface area contributed by atoms with E-state index in [1.807, 2.05) is 39.8 Å². The first-order valence-electron chi connectivity index (χ1n) is 13.5. The molecule has 0 spiro atoms. The first-order valence-corrected chi connectivity index (χ1v) is 13.5. The van der Waals surface area contributed by atoms with Crippen LogP contribution in [0.1, 0.15) is 71.7 Å². The van der Waals surface area contributed by atoms with Crippen LogP contribution in [0.25, 0.3) is 0 Å². The number of ether oxygens (including phenoxy) is 3. The smallest absolute Gasteiger partial charge is 0.338 e. The third-order valence-corrected chi connectivity index (χ3v) is 8.04. The summed E-state index contributed by atoms with van der Waals surface area (Å²) in [7, 11) is 0. The summed E-state index contributed by atoms with van der Waals surface area (Å²) in [6.45, 7) is 11.8. The molecular weight excluding hydrogens is 500 g/mol. The van der Waals surface area contributed by atoms with Crippen LogP contribution in [0.3, 0.4) is 0 Å².